The van der Waals surface area contributed by atoms with Crippen LogP contribution in [0.1, 0.15) is 64.7 Å². The maximum Gasteiger partial charge on any atom is 0.0443 e. The van der Waals surface area contributed by atoms with Crippen LogP contribution in [-0.2, 0) is 0 Å². The highest BCUT2D eigenvalue weighted by Crippen LogP contribution is 2.08. The number of hydrogen-bond acceptors (Lipinski definition) is 2. The largest absolute Gasteiger partial charge is 0.396 e. The van der Waals surface area contributed by atoms with Crippen molar-refractivity contribution < 1.29 is 5.11 Å². The standard InChI is InChI=1S/C14H31NO.ClH/c1-3-4-5-6-7-8-9-10-12-15(2)13-11-14-16;/h16H,3-14H2,1-2H3;1H. The minimum atomic E-state index is 0. The molecule has 0 heterocycles. The monoisotopic (exact) mass is 265 g/mol. The Morgan fingerprint density at radius 2 is 1.24 bits per heavy atom. The lowest BCUT2D eigenvalue weighted by Gasteiger charge is -2.15. The molecule has 0 atom stereocenters. The van der Waals surface area contributed by atoms with Gasteiger partial charge in [0.1, 0.15) is 0 Å². The molecule has 0 aromatic carbocycles. The molecule has 0 aliphatic heterocycles. The van der Waals surface area contributed by atoms with E-state index in [-0.39, 0.29) is 12.4 Å². The van der Waals surface area contributed by atoms with Crippen LogP contribution in [0.25, 0.3) is 0 Å². The van der Waals surface area contributed by atoms with Gasteiger partial charge in [-0.15, -0.1) is 12.4 Å². The van der Waals surface area contributed by atoms with Crippen LogP contribution in [-0.4, -0.2) is 36.8 Å². The second kappa shape index (κ2) is 16.2. The quantitative estimate of drug-likeness (QED) is 0.542. The molecule has 0 aromatic heterocycles. The lowest BCUT2D eigenvalue weighted by Crippen LogP contribution is -2.21. The lowest BCUT2D eigenvalue weighted by atomic mass is 10.1. The summed E-state index contributed by atoms with van der Waals surface area (Å²) in [6.45, 7) is 4.81. The van der Waals surface area contributed by atoms with Crippen molar-refractivity contribution in [2.24, 2.45) is 0 Å². The normalized spacial score (nSPS) is 10.6. The zero-order chi connectivity index (χ0) is 12.1. The first kappa shape index (κ1) is 19.5. The van der Waals surface area contributed by atoms with Crippen molar-refractivity contribution in [1.29, 1.82) is 0 Å². The van der Waals surface area contributed by atoms with E-state index in [1.165, 1.54) is 57.9 Å². The smallest absolute Gasteiger partial charge is 0.0443 e. The highest BCUT2D eigenvalue weighted by molar-refractivity contribution is 5.85. The summed E-state index contributed by atoms with van der Waals surface area (Å²) < 4.78 is 0. The fraction of sp³-hybridized carbons (Fsp3) is 1.00. The van der Waals surface area contributed by atoms with E-state index >= 15 is 0 Å². The van der Waals surface area contributed by atoms with E-state index in [2.05, 4.69) is 18.9 Å². The summed E-state index contributed by atoms with van der Waals surface area (Å²) in [7, 11) is 2.15. The fourth-order valence-corrected chi connectivity index (χ4v) is 1.97. The molecular weight excluding hydrogens is 234 g/mol. The van der Waals surface area contributed by atoms with Gasteiger partial charge in [-0.1, -0.05) is 51.9 Å². The maximum atomic E-state index is 8.70. The second-order valence-electron chi connectivity index (χ2n) is 4.86. The minimum absolute atomic E-state index is 0. The number of halogens is 1. The van der Waals surface area contributed by atoms with Gasteiger partial charge < -0.3 is 10.0 Å². The molecule has 3 heteroatoms. The van der Waals surface area contributed by atoms with E-state index in [4.69, 9.17) is 5.11 Å². The molecule has 106 valence electrons. The van der Waals surface area contributed by atoms with E-state index in [0.29, 0.717) is 6.61 Å². The molecule has 17 heavy (non-hydrogen) atoms. The number of aliphatic hydroxyl groups is 1. The fourth-order valence-electron chi connectivity index (χ4n) is 1.97. The van der Waals surface area contributed by atoms with Crippen molar-refractivity contribution in [2.75, 3.05) is 26.7 Å². The first-order chi connectivity index (χ1) is 7.81. The van der Waals surface area contributed by atoms with Crippen LogP contribution in [0, 0.1) is 0 Å². The molecule has 0 saturated heterocycles. The highest BCUT2D eigenvalue weighted by Gasteiger charge is 1.97. The van der Waals surface area contributed by atoms with Crippen LogP contribution in [0.3, 0.4) is 0 Å². The molecular formula is C14H32ClNO. The number of unbranched alkanes of at least 4 members (excludes halogenated alkanes) is 7. The Labute approximate surface area is 114 Å². The molecule has 0 rings (SSSR count). The van der Waals surface area contributed by atoms with Crippen LogP contribution in [0.15, 0.2) is 0 Å². The van der Waals surface area contributed by atoms with Crippen LogP contribution in [0.5, 0.6) is 0 Å². The van der Waals surface area contributed by atoms with Crippen LogP contribution < -0.4 is 0 Å². The molecule has 0 aromatic rings. The number of aliphatic hydroxyl groups excluding tert-OH is 1. The van der Waals surface area contributed by atoms with Gasteiger partial charge in [0.15, 0.2) is 0 Å². The second-order valence-corrected chi connectivity index (χ2v) is 4.86. The maximum absolute atomic E-state index is 8.70. The van der Waals surface area contributed by atoms with E-state index in [9.17, 15) is 0 Å². The topological polar surface area (TPSA) is 23.5 Å². The molecule has 0 aliphatic carbocycles. The molecule has 2 nitrogen and oxygen atoms in total. The Morgan fingerprint density at radius 1 is 0.765 bits per heavy atom. The van der Waals surface area contributed by atoms with Gasteiger partial charge in [0.25, 0.3) is 0 Å². The summed E-state index contributed by atoms with van der Waals surface area (Å²) in [4.78, 5) is 2.33. The summed E-state index contributed by atoms with van der Waals surface area (Å²) in [5, 5.41) is 8.70. The van der Waals surface area contributed by atoms with Crippen molar-refractivity contribution in [3.05, 3.63) is 0 Å². The van der Waals surface area contributed by atoms with Gasteiger partial charge in [-0.25, -0.2) is 0 Å². The lowest BCUT2D eigenvalue weighted by molar-refractivity contribution is 0.245. The van der Waals surface area contributed by atoms with E-state index < -0.39 is 0 Å². The van der Waals surface area contributed by atoms with Crippen LogP contribution in [0.2, 0.25) is 0 Å². The van der Waals surface area contributed by atoms with Crippen molar-refractivity contribution >= 4 is 12.4 Å². The molecule has 0 fully saturated rings. The summed E-state index contributed by atoms with van der Waals surface area (Å²) in [5.74, 6) is 0. The molecule has 0 radical (unpaired) electrons. The Kier molecular flexibility index (Phi) is 18.6. The zero-order valence-corrected chi connectivity index (χ0v) is 12.6. The molecule has 1 N–H and O–H groups in total. The predicted molar refractivity (Wildman–Crippen MR) is 79.1 cm³/mol. The van der Waals surface area contributed by atoms with Crippen molar-refractivity contribution in [1.82, 2.24) is 4.90 Å². The van der Waals surface area contributed by atoms with Gasteiger partial charge in [0.05, 0.1) is 0 Å². The summed E-state index contributed by atoms with van der Waals surface area (Å²) in [5.41, 5.74) is 0. The molecule has 0 unspecified atom stereocenters. The Balaban J connectivity index is 0. The van der Waals surface area contributed by atoms with Gasteiger partial charge in [-0.05, 0) is 26.4 Å². The molecule has 0 bridgehead atoms. The Bertz CT molecular complexity index is 133. The third kappa shape index (κ3) is 16.2. The van der Waals surface area contributed by atoms with Gasteiger partial charge in [0.2, 0.25) is 0 Å². The third-order valence-corrected chi connectivity index (χ3v) is 3.09. The van der Waals surface area contributed by atoms with E-state index in [1.807, 2.05) is 0 Å². The first-order valence-electron chi connectivity index (χ1n) is 7.10. The van der Waals surface area contributed by atoms with E-state index in [1.54, 1.807) is 0 Å². The SMILES string of the molecule is CCCCCCCCCCN(C)CCCO.Cl. The Morgan fingerprint density at radius 3 is 1.76 bits per heavy atom. The number of hydrogen-bond donors (Lipinski definition) is 1. The first-order valence-corrected chi connectivity index (χ1v) is 7.10. The van der Waals surface area contributed by atoms with Gasteiger partial charge in [-0.2, -0.15) is 0 Å². The predicted octanol–water partition coefficient (Wildman–Crippen LogP) is 3.86. The molecule has 0 saturated carbocycles. The van der Waals surface area contributed by atoms with Gasteiger partial charge in [0, 0.05) is 13.2 Å². The average Bonchev–Trinajstić information content (AvgIpc) is 2.30. The van der Waals surface area contributed by atoms with Gasteiger partial charge in [-0.3, -0.25) is 0 Å². The van der Waals surface area contributed by atoms with Crippen molar-refractivity contribution in [3.63, 3.8) is 0 Å². The Hall–Kier alpha value is 0.210. The zero-order valence-electron chi connectivity index (χ0n) is 11.8. The molecule has 0 amide bonds. The number of rotatable bonds is 12. The highest BCUT2D eigenvalue weighted by atomic mass is 35.5. The summed E-state index contributed by atoms with van der Waals surface area (Å²) >= 11 is 0. The average molecular weight is 266 g/mol. The summed E-state index contributed by atoms with van der Waals surface area (Å²) in [6.07, 6.45) is 12.0. The molecule has 0 aliphatic rings. The van der Waals surface area contributed by atoms with Crippen molar-refractivity contribution in [2.45, 2.75) is 64.7 Å². The summed E-state index contributed by atoms with van der Waals surface area (Å²) in [6, 6.07) is 0. The van der Waals surface area contributed by atoms with Crippen molar-refractivity contribution in [3.8, 4) is 0 Å². The third-order valence-electron chi connectivity index (χ3n) is 3.09. The van der Waals surface area contributed by atoms with E-state index in [0.717, 1.165) is 13.0 Å². The minimum Gasteiger partial charge on any atom is -0.396 e. The van der Waals surface area contributed by atoms with Crippen LogP contribution >= 0.6 is 12.4 Å². The van der Waals surface area contributed by atoms with Crippen LogP contribution in [0.4, 0.5) is 0 Å². The van der Waals surface area contributed by atoms with Gasteiger partial charge >= 0.3 is 0 Å². The molecule has 0 spiro atoms. The number of nitrogens with zero attached hydrogens (tertiary/aromatic N) is 1.